The van der Waals surface area contributed by atoms with E-state index in [1.165, 1.54) is 0 Å². The second kappa shape index (κ2) is 6.26. The summed E-state index contributed by atoms with van der Waals surface area (Å²) in [5, 5.41) is 16.0. The van der Waals surface area contributed by atoms with E-state index < -0.39 is 0 Å². The Kier molecular flexibility index (Phi) is 4.65. The second-order valence-electron chi connectivity index (χ2n) is 5.83. The molecule has 0 spiro atoms. The molecule has 4 N–H and O–H groups in total. The molecule has 0 saturated carbocycles. The van der Waals surface area contributed by atoms with Gasteiger partial charge in [0.1, 0.15) is 0 Å². The van der Waals surface area contributed by atoms with E-state index in [0.29, 0.717) is 23.8 Å². The predicted octanol–water partition coefficient (Wildman–Crippen LogP) is 1.35. The summed E-state index contributed by atoms with van der Waals surface area (Å²) < 4.78 is 0. The summed E-state index contributed by atoms with van der Waals surface area (Å²) >= 11 is 0. The van der Waals surface area contributed by atoms with Crippen LogP contribution in [0.2, 0.25) is 0 Å². The van der Waals surface area contributed by atoms with E-state index in [4.69, 9.17) is 10.8 Å². The number of aromatic nitrogens is 2. The van der Waals surface area contributed by atoms with Gasteiger partial charge in [0.2, 0.25) is 0 Å². The van der Waals surface area contributed by atoms with Crippen LogP contribution in [0.15, 0.2) is 0 Å². The van der Waals surface area contributed by atoms with E-state index in [1.807, 2.05) is 13.8 Å². The molecular weight excluding hydrogens is 256 g/mol. The molecule has 1 saturated heterocycles. The van der Waals surface area contributed by atoms with Gasteiger partial charge in [-0.25, -0.2) is 0 Å². The maximum absolute atomic E-state index is 12.5. The zero-order valence-electron chi connectivity index (χ0n) is 12.2. The second-order valence-corrected chi connectivity index (χ2v) is 5.83. The van der Waals surface area contributed by atoms with Crippen molar-refractivity contribution in [1.29, 1.82) is 0 Å². The third-order valence-electron chi connectivity index (χ3n) is 3.96. The molecule has 2 heterocycles. The van der Waals surface area contributed by atoms with Gasteiger partial charge in [-0.1, -0.05) is 13.8 Å². The summed E-state index contributed by atoms with van der Waals surface area (Å²) in [5.41, 5.74) is 7.64. The summed E-state index contributed by atoms with van der Waals surface area (Å²) in [4.78, 5) is 14.3. The van der Waals surface area contributed by atoms with E-state index in [0.717, 1.165) is 31.5 Å². The summed E-state index contributed by atoms with van der Waals surface area (Å²) in [7, 11) is 0. The monoisotopic (exact) mass is 280 g/mol. The van der Waals surface area contributed by atoms with Crippen molar-refractivity contribution >= 4 is 11.6 Å². The first-order chi connectivity index (χ1) is 9.54. The number of hydrogen-bond donors (Lipinski definition) is 3. The molecule has 0 bridgehead atoms. The quantitative estimate of drug-likeness (QED) is 0.775. The smallest absolute Gasteiger partial charge is 0.276 e. The molecule has 0 aliphatic carbocycles. The maximum atomic E-state index is 12.5. The fourth-order valence-corrected chi connectivity index (χ4v) is 2.78. The van der Waals surface area contributed by atoms with Gasteiger partial charge in [-0.05, 0) is 31.1 Å². The number of nitrogen functional groups attached to an aromatic ring is 1. The topological polar surface area (TPSA) is 95.2 Å². The standard InChI is InChI=1S/C14H24N4O2/c1-9(2)12-11(15)13(17-16-12)14(20)18-6-3-4-10(8-18)5-7-19/h9-10,19H,3-8,15H2,1-2H3,(H,16,17). The number of nitrogens with one attached hydrogen (secondary N) is 1. The van der Waals surface area contributed by atoms with Crippen LogP contribution < -0.4 is 5.73 Å². The first-order valence-electron chi connectivity index (χ1n) is 7.28. The van der Waals surface area contributed by atoms with Gasteiger partial charge in [0.15, 0.2) is 5.69 Å². The van der Waals surface area contributed by atoms with E-state index in [9.17, 15) is 4.79 Å². The molecule has 2 rings (SSSR count). The third-order valence-corrected chi connectivity index (χ3v) is 3.96. The van der Waals surface area contributed by atoms with E-state index >= 15 is 0 Å². The fraction of sp³-hybridized carbons (Fsp3) is 0.714. The zero-order valence-corrected chi connectivity index (χ0v) is 12.2. The zero-order chi connectivity index (χ0) is 14.7. The number of aromatic amines is 1. The van der Waals surface area contributed by atoms with Gasteiger partial charge in [0.25, 0.3) is 5.91 Å². The Morgan fingerprint density at radius 2 is 2.35 bits per heavy atom. The van der Waals surface area contributed by atoms with Gasteiger partial charge in [-0.2, -0.15) is 5.10 Å². The van der Waals surface area contributed by atoms with Crippen LogP contribution in [-0.2, 0) is 0 Å². The summed E-state index contributed by atoms with van der Waals surface area (Å²) in [6.45, 7) is 5.62. The molecule has 112 valence electrons. The minimum atomic E-state index is -0.103. The Morgan fingerprint density at radius 3 is 2.95 bits per heavy atom. The van der Waals surface area contributed by atoms with E-state index in [-0.39, 0.29) is 18.4 Å². The maximum Gasteiger partial charge on any atom is 0.276 e. The van der Waals surface area contributed by atoms with Crippen molar-refractivity contribution in [3.63, 3.8) is 0 Å². The molecule has 6 nitrogen and oxygen atoms in total. The lowest BCUT2D eigenvalue weighted by atomic mass is 9.95. The lowest BCUT2D eigenvalue weighted by Gasteiger charge is -2.32. The molecule has 0 aromatic carbocycles. The number of aliphatic hydroxyl groups excluding tert-OH is 1. The molecule has 1 amide bonds. The molecule has 6 heteroatoms. The number of likely N-dealkylation sites (tertiary alicyclic amines) is 1. The Hall–Kier alpha value is -1.56. The highest BCUT2D eigenvalue weighted by Crippen LogP contribution is 2.25. The number of rotatable bonds is 4. The van der Waals surface area contributed by atoms with Gasteiger partial charge in [-0.3, -0.25) is 9.89 Å². The number of anilines is 1. The number of amides is 1. The van der Waals surface area contributed by atoms with Crippen molar-refractivity contribution in [3.05, 3.63) is 11.4 Å². The van der Waals surface area contributed by atoms with Crippen molar-refractivity contribution in [2.45, 2.75) is 39.0 Å². The SMILES string of the molecule is CC(C)c1[nH]nc(C(=O)N2CCCC(CCO)C2)c1N. The lowest BCUT2D eigenvalue weighted by molar-refractivity contribution is 0.0649. The third kappa shape index (κ3) is 2.95. The number of hydrogen-bond acceptors (Lipinski definition) is 4. The predicted molar refractivity (Wildman–Crippen MR) is 77.4 cm³/mol. The molecule has 0 radical (unpaired) electrons. The average Bonchev–Trinajstić information content (AvgIpc) is 2.80. The molecular formula is C14H24N4O2. The van der Waals surface area contributed by atoms with Crippen LogP contribution in [0.1, 0.15) is 55.2 Å². The van der Waals surface area contributed by atoms with Crippen molar-refractivity contribution in [2.24, 2.45) is 5.92 Å². The van der Waals surface area contributed by atoms with Crippen LogP contribution >= 0.6 is 0 Å². The van der Waals surface area contributed by atoms with E-state index in [2.05, 4.69) is 10.2 Å². The van der Waals surface area contributed by atoms with Crippen molar-refractivity contribution < 1.29 is 9.90 Å². The molecule has 20 heavy (non-hydrogen) atoms. The Morgan fingerprint density at radius 1 is 1.60 bits per heavy atom. The van der Waals surface area contributed by atoms with Crippen LogP contribution in [0.25, 0.3) is 0 Å². The molecule has 1 aromatic heterocycles. The molecule has 1 aliphatic rings. The molecule has 1 aliphatic heterocycles. The van der Waals surface area contributed by atoms with Gasteiger partial charge < -0.3 is 15.7 Å². The van der Waals surface area contributed by atoms with Gasteiger partial charge in [-0.15, -0.1) is 0 Å². The molecule has 1 fully saturated rings. The van der Waals surface area contributed by atoms with Crippen molar-refractivity contribution in [2.75, 3.05) is 25.4 Å². The fourth-order valence-electron chi connectivity index (χ4n) is 2.78. The number of nitrogens with two attached hydrogens (primary N) is 1. The van der Waals surface area contributed by atoms with Crippen molar-refractivity contribution in [1.82, 2.24) is 15.1 Å². The van der Waals surface area contributed by atoms with Gasteiger partial charge in [0.05, 0.1) is 11.4 Å². The minimum Gasteiger partial charge on any atom is -0.396 e. The van der Waals surface area contributed by atoms with Crippen LogP contribution in [-0.4, -0.2) is 45.8 Å². The van der Waals surface area contributed by atoms with Crippen LogP contribution in [0.4, 0.5) is 5.69 Å². The summed E-state index contributed by atoms with van der Waals surface area (Å²) in [6, 6.07) is 0. The Labute approximate surface area is 119 Å². The summed E-state index contributed by atoms with van der Waals surface area (Å²) in [5.74, 6) is 0.489. The van der Waals surface area contributed by atoms with Crippen LogP contribution in [0, 0.1) is 5.92 Å². The summed E-state index contributed by atoms with van der Waals surface area (Å²) in [6.07, 6.45) is 2.78. The van der Waals surface area contributed by atoms with Gasteiger partial charge >= 0.3 is 0 Å². The first kappa shape index (κ1) is 14.8. The first-order valence-corrected chi connectivity index (χ1v) is 7.28. The number of carbonyl (C=O) groups excluding carboxylic acids is 1. The van der Waals surface area contributed by atoms with Crippen molar-refractivity contribution in [3.8, 4) is 0 Å². The minimum absolute atomic E-state index is 0.103. The molecule has 1 unspecified atom stereocenters. The molecule has 1 aromatic rings. The highest BCUT2D eigenvalue weighted by Gasteiger charge is 2.28. The highest BCUT2D eigenvalue weighted by molar-refractivity contribution is 5.97. The Balaban J connectivity index is 2.11. The number of nitrogens with zero attached hydrogens (tertiary/aromatic N) is 2. The van der Waals surface area contributed by atoms with E-state index in [1.54, 1.807) is 4.90 Å². The molecule has 1 atom stereocenters. The largest absolute Gasteiger partial charge is 0.396 e. The van der Waals surface area contributed by atoms with Gasteiger partial charge in [0, 0.05) is 19.7 Å². The number of aliphatic hydroxyl groups is 1. The lowest BCUT2D eigenvalue weighted by Crippen LogP contribution is -2.40. The normalized spacial score (nSPS) is 19.6. The Bertz CT molecular complexity index is 468. The highest BCUT2D eigenvalue weighted by atomic mass is 16.3. The number of carbonyl (C=O) groups is 1. The van der Waals surface area contributed by atoms with Crippen LogP contribution in [0.3, 0.4) is 0 Å². The van der Waals surface area contributed by atoms with Crippen LogP contribution in [0.5, 0.6) is 0 Å². The number of H-pyrrole nitrogens is 1. The number of piperidine rings is 1. The average molecular weight is 280 g/mol.